The standard InChI is InChI=1S/C20H28ClN5O2/c1-5-22-19(26-13-17-25-12-16(28-17)20(2,3)4)24-11-10-23-18(27)14-8-6-7-9-15(14)21/h6-9,12H,5,10-11,13H2,1-4H3,(H,23,27)(H2,22,24,26). The number of rotatable bonds is 7. The Bertz CT molecular complexity index is 811. The fraction of sp³-hybridized carbons (Fsp3) is 0.450. The number of nitrogens with one attached hydrogen (secondary N) is 3. The van der Waals surface area contributed by atoms with Gasteiger partial charge in [0.25, 0.3) is 5.91 Å². The van der Waals surface area contributed by atoms with Crippen LogP contribution in [0.5, 0.6) is 0 Å². The number of oxazole rings is 1. The highest BCUT2D eigenvalue weighted by Gasteiger charge is 2.19. The predicted molar refractivity (Wildman–Crippen MR) is 112 cm³/mol. The monoisotopic (exact) mass is 405 g/mol. The summed E-state index contributed by atoms with van der Waals surface area (Å²) < 4.78 is 5.75. The van der Waals surface area contributed by atoms with E-state index in [1.54, 1.807) is 30.5 Å². The Morgan fingerprint density at radius 3 is 2.54 bits per heavy atom. The minimum atomic E-state index is -0.205. The molecule has 0 aliphatic heterocycles. The molecule has 0 atom stereocenters. The van der Waals surface area contributed by atoms with Crippen LogP contribution in [0.15, 0.2) is 39.9 Å². The molecule has 0 aliphatic rings. The van der Waals surface area contributed by atoms with Crippen LogP contribution in [-0.2, 0) is 12.0 Å². The molecule has 0 fully saturated rings. The molecule has 28 heavy (non-hydrogen) atoms. The molecule has 0 saturated heterocycles. The number of carbonyl (C=O) groups excluding carboxylic acids is 1. The Morgan fingerprint density at radius 2 is 1.89 bits per heavy atom. The van der Waals surface area contributed by atoms with Crippen molar-refractivity contribution in [2.45, 2.75) is 39.7 Å². The average Bonchev–Trinajstić information content (AvgIpc) is 3.13. The molecule has 1 aromatic heterocycles. The maximum Gasteiger partial charge on any atom is 0.252 e. The normalized spacial score (nSPS) is 12.0. The van der Waals surface area contributed by atoms with E-state index in [1.165, 1.54) is 0 Å². The van der Waals surface area contributed by atoms with Gasteiger partial charge in [0.2, 0.25) is 5.89 Å². The topological polar surface area (TPSA) is 91.6 Å². The third-order valence-corrected chi connectivity index (χ3v) is 4.16. The van der Waals surface area contributed by atoms with E-state index in [0.29, 0.717) is 42.1 Å². The van der Waals surface area contributed by atoms with Crippen molar-refractivity contribution < 1.29 is 9.21 Å². The number of hydrogen-bond acceptors (Lipinski definition) is 4. The van der Waals surface area contributed by atoms with Gasteiger partial charge in [0.05, 0.1) is 16.8 Å². The molecule has 1 amide bonds. The SMILES string of the molecule is CCNC(=NCc1ncc(C(C)(C)C)o1)NCCNC(=O)c1ccccc1Cl. The number of nitrogens with zero attached hydrogens (tertiary/aromatic N) is 2. The van der Waals surface area contributed by atoms with Gasteiger partial charge in [-0.25, -0.2) is 9.98 Å². The molecule has 3 N–H and O–H groups in total. The van der Waals surface area contributed by atoms with E-state index >= 15 is 0 Å². The Morgan fingerprint density at radius 1 is 1.18 bits per heavy atom. The van der Waals surface area contributed by atoms with Crippen LogP contribution in [0.1, 0.15) is 49.7 Å². The lowest BCUT2D eigenvalue weighted by molar-refractivity contribution is 0.0954. The molecule has 0 unspecified atom stereocenters. The van der Waals surface area contributed by atoms with E-state index in [9.17, 15) is 4.79 Å². The number of guanidine groups is 1. The second-order valence-electron chi connectivity index (χ2n) is 7.23. The molecule has 0 aliphatic carbocycles. The zero-order valence-electron chi connectivity index (χ0n) is 16.8. The first-order valence-electron chi connectivity index (χ1n) is 9.31. The van der Waals surface area contributed by atoms with E-state index in [0.717, 1.165) is 12.3 Å². The molecule has 2 aromatic rings. The highest BCUT2D eigenvalue weighted by atomic mass is 35.5. The van der Waals surface area contributed by atoms with E-state index in [-0.39, 0.29) is 11.3 Å². The van der Waals surface area contributed by atoms with Crippen molar-refractivity contribution in [1.29, 1.82) is 0 Å². The molecule has 0 radical (unpaired) electrons. The summed E-state index contributed by atoms with van der Waals surface area (Å²) in [6.07, 6.45) is 1.75. The van der Waals surface area contributed by atoms with Gasteiger partial charge < -0.3 is 20.4 Å². The zero-order valence-corrected chi connectivity index (χ0v) is 17.6. The summed E-state index contributed by atoms with van der Waals surface area (Å²) in [5.41, 5.74) is 0.376. The molecule has 0 bridgehead atoms. The number of amides is 1. The summed E-state index contributed by atoms with van der Waals surface area (Å²) in [7, 11) is 0. The van der Waals surface area contributed by atoms with Crippen LogP contribution in [0.2, 0.25) is 5.02 Å². The second kappa shape index (κ2) is 10.1. The van der Waals surface area contributed by atoms with Crippen molar-refractivity contribution in [3.8, 4) is 0 Å². The van der Waals surface area contributed by atoms with Crippen molar-refractivity contribution in [3.05, 3.63) is 52.7 Å². The molecular weight excluding hydrogens is 378 g/mol. The number of carbonyl (C=O) groups is 1. The molecule has 152 valence electrons. The first-order valence-corrected chi connectivity index (χ1v) is 9.69. The number of aliphatic imine (C=N–C) groups is 1. The largest absolute Gasteiger partial charge is 0.443 e. The van der Waals surface area contributed by atoms with Gasteiger partial charge in [-0.2, -0.15) is 0 Å². The van der Waals surface area contributed by atoms with Gasteiger partial charge in [-0.15, -0.1) is 0 Å². The molecule has 8 heteroatoms. The maximum absolute atomic E-state index is 12.1. The van der Waals surface area contributed by atoms with Gasteiger partial charge in [-0.05, 0) is 19.1 Å². The van der Waals surface area contributed by atoms with Crippen LogP contribution in [0, 0.1) is 0 Å². The molecule has 2 rings (SSSR count). The smallest absolute Gasteiger partial charge is 0.252 e. The fourth-order valence-corrected chi connectivity index (χ4v) is 2.54. The van der Waals surface area contributed by atoms with Gasteiger partial charge in [0, 0.05) is 25.0 Å². The minimum Gasteiger partial charge on any atom is -0.443 e. The summed E-state index contributed by atoms with van der Waals surface area (Å²) in [4.78, 5) is 20.9. The van der Waals surface area contributed by atoms with Crippen molar-refractivity contribution in [3.63, 3.8) is 0 Å². The first kappa shape index (κ1) is 21.8. The summed E-state index contributed by atoms with van der Waals surface area (Å²) in [5, 5.41) is 9.59. The minimum absolute atomic E-state index is 0.0857. The molecule has 0 saturated carbocycles. The predicted octanol–water partition coefficient (Wildman–Crippen LogP) is 3.11. The van der Waals surface area contributed by atoms with E-state index in [4.69, 9.17) is 16.0 Å². The highest BCUT2D eigenvalue weighted by Crippen LogP contribution is 2.22. The summed E-state index contributed by atoms with van der Waals surface area (Å²) in [6, 6.07) is 6.96. The number of benzene rings is 1. The van der Waals surface area contributed by atoms with Crippen LogP contribution in [0.25, 0.3) is 0 Å². The van der Waals surface area contributed by atoms with Gasteiger partial charge in [0.1, 0.15) is 12.3 Å². The second-order valence-corrected chi connectivity index (χ2v) is 7.63. The lowest BCUT2D eigenvalue weighted by atomic mass is 9.94. The van der Waals surface area contributed by atoms with Gasteiger partial charge in [0.15, 0.2) is 5.96 Å². The lowest BCUT2D eigenvalue weighted by Gasteiger charge is -2.13. The van der Waals surface area contributed by atoms with Crippen LogP contribution in [0.3, 0.4) is 0 Å². The van der Waals surface area contributed by atoms with E-state index in [2.05, 4.69) is 46.7 Å². The Balaban J connectivity index is 1.83. The summed E-state index contributed by atoms with van der Waals surface area (Å²) in [5.74, 6) is 1.82. The maximum atomic E-state index is 12.1. The first-order chi connectivity index (χ1) is 13.3. The van der Waals surface area contributed by atoms with Crippen LogP contribution in [0.4, 0.5) is 0 Å². The van der Waals surface area contributed by atoms with Crippen LogP contribution in [-0.4, -0.2) is 36.5 Å². The molecule has 7 nitrogen and oxygen atoms in total. The van der Waals surface area contributed by atoms with Crippen molar-refractivity contribution >= 4 is 23.5 Å². The molecular formula is C20H28ClN5O2. The van der Waals surface area contributed by atoms with Crippen molar-refractivity contribution in [1.82, 2.24) is 20.9 Å². The lowest BCUT2D eigenvalue weighted by Crippen LogP contribution is -2.41. The Hall–Kier alpha value is -2.54. The molecule has 0 spiro atoms. The average molecular weight is 406 g/mol. The Labute approximate surface area is 171 Å². The van der Waals surface area contributed by atoms with Crippen LogP contribution < -0.4 is 16.0 Å². The zero-order chi connectivity index (χ0) is 20.6. The number of hydrogen-bond donors (Lipinski definition) is 3. The number of aromatic nitrogens is 1. The van der Waals surface area contributed by atoms with Crippen molar-refractivity contribution in [2.75, 3.05) is 19.6 Å². The highest BCUT2D eigenvalue weighted by molar-refractivity contribution is 6.33. The van der Waals surface area contributed by atoms with E-state index < -0.39 is 0 Å². The molecule has 1 aromatic carbocycles. The van der Waals surface area contributed by atoms with Gasteiger partial charge in [-0.3, -0.25) is 4.79 Å². The van der Waals surface area contributed by atoms with E-state index in [1.807, 2.05) is 6.92 Å². The Kier molecular flexibility index (Phi) is 7.87. The van der Waals surface area contributed by atoms with Gasteiger partial charge >= 0.3 is 0 Å². The van der Waals surface area contributed by atoms with Gasteiger partial charge in [-0.1, -0.05) is 44.5 Å². The summed E-state index contributed by atoms with van der Waals surface area (Å²) >= 11 is 6.03. The third kappa shape index (κ3) is 6.56. The summed E-state index contributed by atoms with van der Waals surface area (Å²) in [6.45, 7) is 10.2. The van der Waals surface area contributed by atoms with Crippen LogP contribution >= 0.6 is 11.6 Å². The number of halogens is 1. The molecule has 1 heterocycles. The quantitative estimate of drug-likeness (QED) is 0.374. The third-order valence-electron chi connectivity index (χ3n) is 3.83. The van der Waals surface area contributed by atoms with Crippen molar-refractivity contribution in [2.24, 2.45) is 4.99 Å². The fourth-order valence-electron chi connectivity index (χ4n) is 2.32.